The minimum absolute atomic E-state index is 0.444. The van der Waals surface area contributed by atoms with Gasteiger partial charge in [0.05, 0.1) is 5.69 Å². The van der Waals surface area contributed by atoms with Gasteiger partial charge in [0, 0.05) is 6.20 Å². The summed E-state index contributed by atoms with van der Waals surface area (Å²) in [6.45, 7) is 2.61. The highest BCUT2D eigenvalue weighted by atomic mass is 16.5. The Hall–Kier alpha value is -0.930. The summed E-state index contributed by atoms with van der Waals surface area (Å²) in [5, 5.41) is 10.4. The average Bonchev–Trinajstić information content (AvgIpc) is 2.17. The number of unbranched alkanes of at least 4 members (excludes halogenated alkanes) is 1. The van der Waals surface area contributed by atoms with Crippen molar-refractivity contribution in [3.8, 4) is 0 Å². The highest BCUT2D eigenvalue weighted by molar-refractivity contribution is 5.18. The molecule has 0 amide bonds. The lowest BCUT2D eigenvalue weighted by Crippen LogP contribution is -2.75. The van der Waals surface area contributed by atoms with Gasteiger partial charge in [0.1, 0.15) is 6.54 Å². The van der Waals surface area contributed by atoms with Gasteiger partial charge in [0.15, 0.2) is 0 Å². The Balaban J connectivity index is 2.66. The van der Waals surface area contributed by atoms with Crippen molar-refractivity contribution in [3.63, 3.8) is 0 Å². The predicted octanol–water partition coefficient (Wildman–Crippen LogP) is 0.985. The molecule has 72 valence electrons. The fourth-order valence-corrected chi connectivity index (χ4v) is 1.33. The molecule has 1 aromatic rings. The second-order valence-corrected chi connectivity index (χ2v) is 3.08. The van der Waals surface area contributed by atoms with Crippen LogP contribution in [0.15, 0.2) is 18.3 Å². The van der Waals surface area contributed by atoms with E-state index in [0.29, 0.717) is 6.54 Å². The quantitative estimate of drug-likeness (QED) is 0.687. The van der Waals surface area contributed by atoms with E-state index in [9.17, 15) is 5.21 Å². The zero-order valence-corrected chi connectivity index (χ0v) is 7.99. The first kappa shape index (κ1) is 10.2. The molecule has 0 aliphatic rings. The van der Waals surface area contributed by atoms with Crippen molar-refractivity contribution in [1.82, 2.24) is 4.98 Å². The van der Waals surface area contributed by atoms with Gasteiger partial charge in [-0.15, -0.1) is 0 Å². The molecule has 1 aromatic heterocycles. The lowest BCUT2D eigenvalue weighted by atomic mass is 10.1. The highest BCUT2D eigenvalue weighted by Gasteiger charge is 2.01. The number of rotatable bonds is 5. The number of aromatic nitrogens is 1. The molecule has 0 spiro atoms. The normalized spacial score (nSPS) is 10.3. The van der Waals surface area contributed by atoms with Crippen LogP contribution < -0.4 is 5.48 Å². The first-order chi connectivity index (χ1) is 6.38. The van der Waals surface area contributed by atoms with Crippen LogP contribution in [0.4, 0.5) is 0 Å². The van der Waals surface area contributed by atoms with Crippen LogP contribution in [0.3, 0.4) is 0 Å². The predicted molar refractivity (Wildman–Crippen MR) is 51.8 cm³/mol. The molecule has 0 unspecified atom stereocenters. The number of quaternary nitrogens is 1. The molecule has 0 bridgehead atoms. The lowest BCUT2D eigenvalue weighted by molar-refractivity contribution is -0.606. The van der Waals surface area contributed by atoms with E-state index in [0.717, 1.165) is 24.0 Å². The van der Waals surface area contributed by atoms with Crippen molar-refractivity contribution >= 4 is 0 Å². The number of aryl methyl sites for hydroxylation is 1. The average molecular weight is 180 g/mol. The molecule has 0 radical (unpaired) electrons. The second-order valence-electron chi connectivity index (χ2n) is 3.08. The van der Waals surface area contributed by atoms with E-state index >= 15 is 0 Å². The lowest BCUT2D eigenvalue weighted by Gasteiger charge is -2.07. The molecule has 0 atom stereocenters. The third-order valence-corrected chi connectivity index (χ3v) is 2.06. The van der Waals surface area contributed by atoms with E-state index < -0.39 is 0 Å². The van der Waals surface area contributed by atoms with Gasteiger partial charge in [-0.1, -0.05) is 19.4 Å². The molecule has 0 aliphatic heterocycles. The first-order valence-electron chi connectivity index (χ1n) is 4.75. The van der Waals surface area contributed by atoms with Gasteiger partial charge in [0.2, 0.25) is 0 Å². The van der Waals surface area contributed by atoms with Crippen molar-refractivity contribution in [2.75, 3.05) is 0 Å². The van der Waals surface area contributed by atoms with Crippen molar-refractivity contribution in [2.24, 2.45) is 0 Å². The van der Waals surface area contributed by atoms with E-state index in [1.165, 1.54) is 12.0 Å². The van der Waals surface area contributed by atoms with E-state index in [1.54, 1.807) is 6.20 Å². The number of nitrogens with two attached hydrogens (primary N) is 1. The Morgan fingerprint density at radius 2 is 2.38 bits per heavy atom. The molecule has 0 saturated carbocycles. The third-order valence-electron chi connectivity index (χ3n) is 2.06. The first-order valence-corrected chi connectivity index (χ1v) is 4.75. The van der Waals surface area contributed by atoms with Crippen LogP contribution in [0, 0.1) is 5.21 Å². The zero-order chi connectivity index (χ0) is 9.52. The summed E-state index contributed by atoms with van der Waals surface area (Å²) in [5.41, 5.74) is 3.07. The molecular formula is C10H16N2O. The van der Waals surface area contributed by atoms with Crippen LogP contribution in [-0.4, -0.2) is 4.98 Å². The van der Waals surface area contributed by atoms with E-state index in [4.69, 9.17) is 0 Å². The standard InChI is InChI=1S/C10H16N2O/c1-2-3-5-9-6-4-7-11-10(9)8-12-13/h4,6-7H,2-3,5,8,12H2,1H3. The Labute approximate surface area is 78.8 Å². The van der Waals surface area contributed by atoms with Gasteiger partial charge in [-0.2, -0.15) is 0 Å². The van der Waals surface area contributed by atoms with Crippen LogP contribution in [-0.2, 0) is 13.0 Å². The third kappa shape index (κ3) is 3.13. The molecule has 3 heteroatoms. The van der Waals surface area contributed by atoms with Crippen molar-refractivity contribution in [2.45, 2.75) is 32.7 Å². The minimum Gasteiger partial charge on any atom is -0.635 e. The van der Waals surface area contributed by atoms with Crippen LogP contribution in [0.2, 0.25) is 0 Å². The molecule has 3 nitrogen and oxygen atoms in total. The number of hydroxylamine groups is 1. The number of nitrogens with zero attached hydrogens (tertiary/aromatic N) is 1. The zero-order valence-electron chi connectivity index (χ0n) is 7.99. The fourth-order valence-electron chi connectivity index (χ4n) is 1.33. The maximum atomic E-state index is 10.4. The smallest absolute Gasteiger partial charge is 0.118 e. The van der Waals surface area contributed by atoms with Gasteiger partial charge in [0.25, 0.3) is 0 Å². The molecule has 13 heavy (non-hydrogen) atoms. The monoisotopic (exact) mass is 180 g/mol. The van der Waals surface area contributed by atoms with Gasteiger partial charge < -0.3 is 10.7 Å². The van der Waals surface area contributed by atoms with E-state index in [-0.39, 0.29) is 0 Å². The Bertz CT molecular complexity index is 250. The molecule has 0 saturated heterocycles. The molecular weight excluding hydrogens is 164 g/mol. The summed E-state index contributed by atoms with van der Waals surface area (Å²) >= 11 is 0. The highest BCUT2D eigenvalue weighted by Crippen LogP contribution is 2.08. The SMILES string of the molecule is CCCCc1cccnc1C[NH2+][O-]. The molecule has 0 aromatic carbocycles. The van der Waals surface area contributed by atoms with Crippen molar-refractivity contribution < 1.29 is 5.48 Å². The molecule has 1 rings (SSSR count). The maximum Gasteiger partial charge on any atom is 0.118 e. The Morgan fingerprint density at radius 1 is 1.54 bits per heavy atom. The summed E-state index contributed by atoms with van der Waals surface area (Å²) in [6, 6.07) is 3.99. The topological polar surface area (TPSA) is 52.6 Å². The molecule has 1 heterocycles. The summed E-state index contributed by atoms with van der Waals surface area (Å²) < 4.78 is 0. The van der Waals surface area contributed by atoms with Crippen molar-refractivity contribution in [3.05, 3.63) is 34.8 Å². The van der Waals surface area contributed by atoms with E-state index in [2.05, 4.69) is 18.0 Å². The van der Waals surface area contributed by atoms with Crippen molar-refractivity contribution in [1.29, 1.82) is 0 Å². The van der Waals surface area contributed by atoms with Crippen LogP contribution >= 0.6 is 0 Å². The summed E-state index contributed by atoms with van der Waals surface area (Å²) in [6.07, 6.45) is 5.12. The van der Waals surface area contributed by atoms with Gasteiger partial charge in [-0.25, -0.2) is 0 Å². The van der Waals surface area contributed by atoms with E-state index in [1.807, 2.05) is 6.07 Å². The Kier molecular flexibility index (Phi) is 4.43. The maximum absolute atomic E-state index is 10.4. The largest absolute Gasteiger partial charge is 0.635 e. The fraction of sp³-hybridized carbons (Fsp3) is 0.500. The van der Waals surface area contributed by atoms with Gasteiger partial charge >= 0.3 is 0 Å². The summed E-state index contributed by atoms with van der Waals surface area (Å²) in [4.78, 5) is 4.19. The molecule has 2 N–H and O–H groups in total. The molecule has 0 aliphatic carbocycles. The number of hydrogen-bond acceptors (Lipinski definition) is 2. The minimum atomic E-state index is 0.444. The van der Waals surface area contributed by atoms with Crippen LogP contribution in [0.5, 0.6) is 0 Å². The second kappa shape index (κ2) is 5.67. The van der Waals surface area contributed by atoms with Crippen LogP contribution in [0.25, 0.3) is 0 Å². The van der Waals surface area contributed by atoms with Crippen LogP contribution in [0.1, 0.15) is 31.0 Å². The number of hydrogen-bond donors (Lipinski definition) is 1. The Morgan fingerprint density at radius 3 is 3.08 bits per heavy atom. The summed E-state index contributed by atoms with van der Waals surface area (Å²) in [5.74, 6) is 0. The summed E-state index contributed by atoms with van der Waals surface area (Å²) in [7, 11) is 0. The number of pyridine rings is 1. The van der Waals surface area contributed by atoms with Gasteiger partial charge in [-0.05, 0) is 24.5 Å². The molecule has 0 fully saturated rings. The van der Waals surface area contributed by atoms with Gasteiger partial charge in [-0.3, -0.25) is 4.98 Å².